The van der Waals surface area contributed by atoms with Crippen molar-refractivity contribution in [2.45, 2.75) is 13.3 Å². The minimum absolute atomic E-state index is 0.679. The lowest BCUT2D eigenvalue weighted by molar-refractivity contribution is 1.05. The molecule has 0 amide bonds. The Bertz CT molecular complexity index is 334. The maximum absolute atomic E-state index is 5.97. The summed E-state index contributed by atoms with van der Waals surface area (Å²) in [6, 6.07) is 5.36. The molecule has 0 aromatic heterocycles. The molecule has 0 aliphatic heterocycles. The molecule has 0 atom stereocenters. The second-order valence-electron chi connectivity index (χ2n) is 3.08. The standard InChI is InChI=1S/C11H13Cl2N/c1-3-8(2)7-14-11-6-9(12)4-5-10(11)13/h4-6,14H,2-3,7H2,1H3. The Labute approximate surface area is 94.7 Å². The molecule has 0 heterocycles. The maximum Gasteiger partial charge on any atom is 0.0638 e. The monoisotopic (exact) mass is 229 g/mol. The smallest absolute Gasteiger partial charge is 0.0638 e. The molecule has 1 rings (SSSR count). The molecule has 0 saturated heterocycles. The van der Waals surface area contributed by atoms with Crippen LogP contribution in [0.15, 0.2) is 30.4 Å². The van der Waals surface area contributed by atoms with Gasteiger partial charge in [0, 0.05) is 11.6 Å². The van der Waals surface area contributed by atoms with Crippen molar-refractivity contribution in [1.29, 1.82) is 0 Å². The van der Waals surface area contributed by atoms with Crippen molar-refractivity contribution in [2.24, 2.45) is 0 Å². The number of benzene rings is 1. The van der Waals surface area contributed by atoms with Crippen LogP contribution < -0.4 is 5.32 Å². The van der Waals surface area contributed by atoms with Gasteiger partial charge in [0.15, 0.2) is 0 Å². The number of nitrogens with one attached hydrogen (secondary N) is 1. The minimum atomic E-state index is 0.679. The van der Waals surface area contributed by atoms with Gasteiger partial charge in [-0.15, -0.1) is 0 Å². The zero-order valence-electron chi connectivity index (χ0n) is 8.11. The number of rotatable bonds is 4. The highest BCUT2D eigenvalue weighted by Gasteiger charge is 2.00. The quantitative estimate of drug-likeness (QED) is 0.757. The predicted octanol–water partition coefficient (Wildman–Crippen LogP) is 4.37. The van der Waals surface area contributed by atoms with E-state index in [-0.39, 0.29) is 0 Å². The number of hydrogen-bond donors (Lipinski definition) is 1. The summed E-state index contributed by atoms with van der Waals surface area (Å²) in [6.45, 7) is 6.71. The van der Waals surface area contributed by atoms with Crippen LogP contribution in [0.2, 0.25) is 10.0 Å². The molecule has 0 bridgehead atoms. The van der Waals surface area contributed by atoms with E-state index in [2.05, 4.69) is 18.8 Å². The fourth-order valence-corrected chi connectivity index (χ4v) is 1.33. The summed E-state index contributed by atoms with van der Waals surface area (Å²) in [5.74, 6) is 0. The van der Waals surface area contributed by atoms with Crippen molar-refractivity contribution < 1.29 is 0 Å². The van der Waals surface area contributed by atoms with Crippen molar-refractivity contribution in [1.82, 2.24) is 0 Å². The third-order valence-corrected chi connectivity index (χ3v) is 2.52. The van der Waals surface area contributed by atoms with Gasteiger partial charge in [0.1, 0.15) is 0 Å². The zero-order chi connectivity index (χ0) is 10.6. The van der Waals surface area contributed by atoms with Crippen LogP contribution in [0, 0.1) is 0 Å². The van der Waals surface area contributed by atoms with E-state index in [1.807, 2.05) is 6.07 Å². The first-order valence-electron chi connectivity index (χ1n) is 4.49. The van der Waals surface area contributed by atoms with E-state index in [9.17, 15) is 0 Å². The van der Waals surface area contributed by atoms with Crippen LogP contribution in [0.1, 0.15) is 13.3 Å². The van der Waals surface area contributed by atoms with Crippen LogP contribution in [-0.2, 0) is 0 Å². The lowest BCUT2D eigenvalue weighted by atomic mass is 10.2. The molecule has 1 N–H and O–H groups in total. The summed E-state index contributed by atoms with van der Waals surface area (Å²) in [7, 11) is 0. The van der Waals surface area contributed by atoms with Crippen LogP contribution in [0.4, 0.5) is 5.69 Å². The summed E-state index contributed by atoms with van der Waals surface area (Å²) < 4.78 is 0. The summed E-state index contributed by atoms with van der Waals surface area (Å²) in [4.78, 5) is 0. The molecule has 0 spiro atoms. The molecule has 1 nitrogen and oxygen atoms in total. The Morgan fingerprint density at radius 2 is 2.14 bits per heavy atom. The van der Waals surface area contributed by atoms with E-state index >= 15 is 0 Å². The van der Waals surface area contributed by atoms with Gasteiger partial charge in [0.2, 0.25) is 0 Å². The lowest BCUT2D eigenvalue weighted by Crippen LogP contribution is -2.03. The number of halogens is 2. The molecule has 0 aliphatic rings. The first-order valence-corrected chi connectivity index (χ1v) is 5.24. The van der Waals surface area contributed by atoms with Crippen molar-refractivity contribution in [3.63, 3.8) is 0 Å². The topological polar surface area (TPSA) is 12.0 Å². The van der Waals surface area contributed by atoms with Gasteiger partial charge in [-0.3, -0.25) is 0 Å². The molecule has 14 heavy (non-hydrogen) atoms. The fraction of sp³-hybridized carbons (Fsp3) is 0.273. The summed E-state index contributed by atoms with van der Waals surface area (Å²) >= 11 is 11.8. The highest BCUT2D eigenvalue weighted by molar-refractivity contribution is 6.35. The van der Waals surface area contributed by atoms with Gasteiger partial charge in [0.05, 0.1) is 10.7 Å². The van der Waals surface area contributed by atoms with Crippen molar-refractivity contribution in [3.05, 3.63) is 40.4 Å². The Hall–Kier alpha value is -0.660. The Kier molecular flexibility index (Phi) is 4.30. The van der Waals surface area contributed by atoms with Crippen LogP contribution in [0.25, 0.3) is 0 Å². The second-order valence-corrected chi connectivity index (χ2v) is 3.92. The maximum atomic E-state index is 5.97. The van der Waals surface area contributed by atoms with E-state index in [1.54, 1.807) is 12.1 Å². The predicted molar refractivity (Wildman–Crippen MR) is 64.4 cm³/mol. The molecule has 1 aromatic carbocycles. The van der Waals surface area contributed by atoms with E-state index in [0.717, 1.165) is 24.2 Å². The molecule has 1 aromatic rings. The van der Waals surface area contributed by atoms with Gasteiger partial charge in [-0.1, -0.05) is 42.3 Å². The second kappa shape index (κ2) is 5.28. The van der Waals surface area contributed by atoms with Crippen molar-refractivity contribution in [2.75, 3.05) is 11.9 Å². The minimum Gasteiger partial charge on any atom is -0.380 e. The van der Waals surface area contributed by atoms with Gasteiger partial charge in [-0.2, -0.15) is 0 Å². The Morgan fingerprint density at radius 3 is 2.79 bits per heavy atom. The molecule has 0 fully saturated rings. The first kappa shape index (κ1) is 11.4. The van der Waals surface area contributed by atoms with Gasteiger partial charge < -0.3 is 5.32 Å². The average Bonchev–Trinajstić information content (AvgIpc) is 2.19. The summed E-state index contributed by atoms with van der Waals surface area (Å²) in [6.07, 6.45) is 0.963. The third kappa shape index (κ3) is 3.24. The molecule has 0 aliphatic carbocycles. The largest absolute Gasteiger partial charge is 0.380 e. The van der Waals surface area contributed by atoms with Gasteiger partial charge in [-0.05, 0) is 24.6 Å². The van der Waals surface area contributed by atoms with E-state index in [4.69, 9.17) is 23.2 Å². The molecule has 0 unspecified atom stereocenters. The zero-order valence-corrected chi connectivity index (χ0v) is 9.62. The van der Waals surface area contributed by atoms with Gasteiger partial charge in [-0.25, -0.2) is 0 Å². The summed E-state index contributed by atoms with van der Waals surface area (Å²) in [5.41, 5.74) is 2.00. The van der Waals surface area contributed by atoms with E-state index < -0.39 is 0 Å². The van der Waals surface area contributed by atoms with Gasteiger partial charge >= 0.3 is 0 Å². The van der Waals surface area contributed by atoms with Crippen molar-refractivity contribution in [3.8, 4) is 0 Å². The highest BCUT2D eigenvalue weighted by atomic mass is 35.5. The van der Waals surface area contributed by atoms with E-state index in [1.165, 1.54) is 0 Å². The van der Waals surface area contributed by atoms with Crippen LogP contribution in [0.5, 0.6) is 0 Å². The molecule has 76 valence electrons. The molecule has 0 saturated carbocycles. The van der Waals surface area contributed by atoms with Crippen LogP contribution >= 0.6 is 23.2 Å². The fourth-order valence-electron chi connectivity index (χ4n) is 0.978. The molecule has 0 radical (unpaired) electrons. The first-order chi connectivity index (χ1) is 6.63. The third-order valence-electron chi connectivity index (χ3n) is 1.96. The normalized spacial score (nSPS) is 9.93. The van der Waals surface area contributed by atoms with E-state index in [0.29, 0.717) is 10.0 Å². The Morgan fingerprint density at radius 1 is 1.43 bits per heavy atom. The summed E-state index contributed by atoms with van der Waals surface area (Å²) in [5, 5.41) is 4.55. The number of anilines is 1. The number of hydrogen-bond acceptors (Lipinski definition) is 1. The molecule has 3 heteroatoms. The lowest BCUT2D eigenvalue weighted by Gasteiger charge is -2.09. The van der Waals surface area contributed by atoms with Crippen LogP contribution in [0.3, 0.4) is 0 Å². The average molecular weight is 230 g/mol. The van der Waals surface area contributed by atoms with Gasteiger partial charge in [0.25, 0.3) is 0 Å². The molecular weight excluding hydrogens is 217 g/mol. The van der Waals surface area contributed by atoms with Crippen LogP contribution in [-0.4, -0.2) is 6.54 Å². The SMILES string of the molecule is C=C(CC)CNc1cc(Cl)ccc1Cl. The highest BCUT2D eigenvalue weighted by Crippen LogP contribution is 2.25. The Balaban J connectivity index is 2.66. The van der Waals surface area contributed by atoms with Crippen molar-refractivity contribution >= 4 is 28.9 Å². The molecular formula is C11H13Cl2N.